The highest BCUT2D eigenvalue weighted by molar-refractivity contribution is 9.10. The second-order valence-corrected chi connectivity index (χ2v) is 7.36. The molecule has 2 rings (SSSR count). The Balaban J connectivity index is 2.49. The topological polar surface area (TPSA) is 25.2 Å². The number of nitrogens with one attached hydrogen (secondary N) is 1. The summed E-state index contributed by atoms with van der Waals surface area (Å²) in [7, 11) is 0. The fraction of sp³-hybridized carbons (Fsp3) is 0.529. The molecule has 1 aromatic heterocycles. The van der Waals surface area contributed by atoms with Crippen LogP contribution >= 0.6 is 15.9 Å². The summed E-state index contributed by atoms with van der Waals surface area (Å²) in [6, 6.07) is 6.57. The molecule has 1 aromatic carbocycles. The van der Waals surface area contributed by atoms with Crippen molar-refractivity contribution < 1.29 is 4.42 Å². The molecule has 1 unspecified atom stereocenters. The highest BCUT2D eigenvalue weighted by atomic mass is 79.9. The summed E-state index contributed by atoms with van der Waals surface area (Å²) in [5.74, 6) is 1.02. The fourth-order valence-electron chi connectivity index (χ4n) is 2.51. The quantitative estimate of drug-likeness (QED) is 0.786. The van der Waals surface area contributed by atoms with Crippen molar-refractivity contribution >= 4 is 26.9 Å². The molecule has 0 radical (unpaired) electrons. The van der Waals surface area contributed by atoms with Gasteiger partial charge in [0.25, 0.3) is 0 Å². The van der Waals surface area contributed by atoms with Crippen LogP contribution in [0.15, 0.2) is 27.1 Å². The zero-order chi connectivity index (χ0) is 14.9. The van der Waals surface area contributed by atoms with E-state index in [1.165, 1.54) is 5.56 Å². The van der Waals surface area contributed by atoms with Crippen molar-refractivity contribution in [2.75, 3.05) is 6.54 Å². The predicted octanol–water partition coefficient (Wildman–Crippen LogP) is 5.59. The SMILES string of the molecule is CCCNC(c1cc2c(Br)ccc(C)c2o1)C(C)(C)C. The van der Waals surface area contributed by atoms with E-state index < -0.39 is 0 Å². The van der Waals surface area contributed by atoms with Gasteiger partial charge in [0.15, 0.2) is 0 Å². The Hall–Kier alpha value is -0.800. The van der Waals surface area contributed by atoms with Gasteiger partial charge < -0.3 is 9.73 Å². The number of benzene rings is 1. The second-order valence-electron chi connectivity index (χ2n) is 6.51. The lowest BCUT2D eigenvalue weighted by Crippen LogP contribution is -2.32. The Kier molecular flexibility index (Phi) is 4.60. The average molecular weight is 338 g/mol. The number of rotatable bonds is 4. The third kappa shape index (κ3) is 3.09. The van der Waals surface area contributed by atoms with Crippen LogP contribution in [0, 0.1) is 12.3 Å². The lowest BCUT2D eigenvalue weighted by molar-refractivity contribution is 0.241. The van der Waals surface area contributed by atoms with Crippen LogP contribution in [-0.2, 0) is 0 Å². The summed E-state index contributed by atoms with van der Waals surface area (Å²) in [6.45, 7) is 12.0. The molecule has 1 atom stereocenters. The van der Waals surface area contributed by atoms with Gasteiger partial charge in [0.2, 0.25) is 0 Å². The molecule has 0 aliphatic rings. The maximum atomic E-state index is 6.17. The zero-order valence-corrected chi connectivity index (χ0v) is 14.6. The van der Waals surface area contributed by atoms with E-state index in [0.717, 1.165) is 34.2 Å². The molecule has 0 spiro atoms. The van der Waals surface area contributed by atoms with Crippen molar-refractivity contribution in [1.82, 2.24) is 5.32 Å². The third-order valence-electron chi connectivity index (χ3n) is 3.60. The molecule has 0 saturated heterocycles. The number of hydrogen-bond donors (Lipinski definition) is 1. The van der Waals surface area contributed by atoms with Gasteiger partial charge in [0.1, 0.15) is 11.3 Å². The first-order valence-corrected chi connectivity index (χ1v) is 8.05. The van der Waals surface area contributed by atoms with Crippen LogP contribution in [0.2, 0.25) is 0 Å². The Morgan fingerprint density at radius 2 is 2.00 bits per heavy atom. The molecule has 0 bridgehead atoms. The molecule has 1 heterocycles. The number of furan rings is 1. The molecular formula is C17H24BrNO. The van der Waals surface area contributed by atoms with Gasteiger partial charge in [-0.25, -0.2) is 0 Å². The normalized spacial score (nSPS) is 13.9. The predicted molar refractivity (Wildman–Crippen MR) is 89.1 cm³/mol. The Morgan fingerprint density at radius 1 is 1.30 bits per heavy atom. The largest absolute Gasteiger partial charge is 0.459 e. The molecule has 3 heteroatoms. The van der Waals surface area contributed by atoms with E-state index in [2.05, 4.69) is 74.1 Å². The monoisotopic (exact) mass is 337 g/mol. The molecule has 2 nitrogen and oxygen atoms in total. The number of fused-ring (bicyclic) bond motifs is 1. The highest BCUT2D eigenvalue weighted by Gasteiger charge is 2.29. The van der Waals surface area contributed by atoms with Gasteiger partial charge in [-0.2, -0.15) is 0 Å². The van der Waals surface area contributed by atoms with E-state index in [0.29, 0.717) is 0 Å². The minimum atomic E-state index is 0.115. The van der Waals surface area contributed by atoms with Gasteiger partial charge in [0.05, 0.1) is 6.04 Å². The van der Waals surface area contributed by atoms with Crippen molar-refractivity contribution in [3.63, 3.8) is 0 Å². The van der Waals surface area contributed by atoms with Crippen LogP contribution in [0.5, 0.6) is 0 Å². The lowest BCUT2D eigenvalue weighted by Gasteiger charge is -2.30. The summed E-state index contributed by atoms with van der Waals surface area (Å²) in [5.41, 5.74) is 2.28. The Morgan fingerprint density at radius 3 is 2.55 bits per heavy atom. The van der Waals surface area contributed by atoms with E-state index in [1.54, 1.807) is 0 Å². The number of hydrogen-bond acceptors (Lipinski definition) is 2. The van der Waals surface area contributed by atoms with E-state index >= 15 is 0 Å². The van der Waals surface area contributed by atoms with Gasteiger partial charge >= 0.3 is 0 Å². The minimum absolute atomic E-state index is 0.115. The van der Waals surface area contributed by atoms with Crippen LogP contribution in [0.3, 0.4) is 0 Å². The average Bonchev–Trinajstić information content (AvgIpc) is 2.79. The first-order chi connectivity index (χ1) is 9.34. The maximum absolute atomic E-state index is 6.17. The van der Waals surface area contributed by atoms with E-state index in [1.807, 2.05) is 0 Å². The van der Waals surface area contributed by atoms with Gasteiger partial charge in [-0.3, -0.25) is 0 Å². The van der Waals surface area contributed by atoms with Crippen molar-refractivity contribution in [2.24, 2.45) is 5.41 Å². The molecule has 2 aromatic rings. The standard InChI is InChI=1S/C17H24BrNO/c1-6-9-19-16(17(3,4)5)14-10-12-13(18)8-7-11(2)15(12)20-14/h7-8,10,16,19H,6,9H2,1-5H3. The van der Waals surface area contributed by atoms with Crippen LogP contribution in [0.4, 0.5) is 0 Å². The smallest absolute Gasteiger partial charge is 0.138 e. The highest BCUT2D eigenvalue weighted by Crippen LogP contribution is 2.38. The molecule has 0 saturated carbocycles. The van der Waals surface area contributed by atoms with Gasteiger partial charge in [0, 0.05) is 9.86 Å². The van der Waals surface area contributed by atoms with Crippen molar-refractivity contribution in [1.29, 1.82) is 0 Å². The summed E-state index contributed by atoms with van der Waals surface area (Å²) < 4.78 is 7.27. The molecular weight excluding hydrogens is 314 g/mol. The van der Waals surface area contributed by atoms with Crippen LogP contribution in [0.1, 0.15) is 51.5 Å². The lowest BCUT2D eigenvalue weighted by atomic mass is 9.85. The summed E-state index contributed by atoms with van der Waals surface area (Å²) in [6.07, 6.45) is 1.12. The van der Waals surface area contributed by atoms with Gasteiger partial charge in [-0.05, 0) is 43.0 Å². The number of halogens is 1. The second kappa shape index (κ2) is 5.90. The van der Waals surface area contributed by atoms with Crippen molar-refractivity contribution in [3.05, 3.63) is 34.0 Å². The van der Waals surface area contributed by atoms with Crippen LogP contribution < -0.4 is 5.32 Å². The molecule has 0 amide bonds. The van der Waals surface area contributed by atoms with Gasteiger partial charge in [-0.15, -0.1) is 0 Å². The van der Waals surface area contributed by atoms with Crippen LogP contribution in [0.25, 0.3) is 11.0 Å². The first kappa shape index (κ1) is 15.6. The van der Waals surface area contributed by atoms with Crippen molar-refractivity contribution in [3.8, 4) is 0 Å². The van der Waals surface area contributed by atoms with Crippen LogP contribution in [-0.4, -0.2) is 6.54 Å². The van der Waals surface area contributed by atoms with Gasteiger partial charge in [-0.1, -0.05) is 49.7 Å². The Bertz CT molecular complexity index is 556. The van der Waals surface area contributed by atoms with Crippen molar-refractivity contribution in [2.45, 2.75) is 47.1 Å². The molecule has 0 aliphatic heterocycles. The summed E-state index contributed by atoms with van der Waals surface area (Å²) >= 11 is 3.62. The van der Waals surface area contributed by atoms with E-state index in [-0.39, 0.29) is 11.5 Å². The molecule has 110 valence electrons. The summed E-state index contributed by atoms with van der Waals surface area (Å²) in [5, 5.41) is 4.78. The molecule has 20 heavy (non-hydrogen) atoms. The van der Waals surface area contributed by atoms with E-state index in [9.17, 15) is 0 Å². The molecule has 0 aliphatic carbocycles. The summed E-state index contributed by atoms with van der Waals surface area (Å²) in [4.78, 5) is 0. The minimum Gasteiger partial charge on any atom is -0.459 e. The molecule has 0 fully saturated rings. The maximum Gasteiger partial charge on any atom is 0.138 e. The Labute approximate surface area is 130 Å². The fourth-order valence-corrected chi connectivity index (χ4v) is 2.94. The molecule has 1 N–H and O–H groups in total. The third-order valence-corrected chi connectivity index (χ3v) is 4.29. The number of aryl methyl sites for hydroxylation is 1. The first-order valence-electron chi connectivity index (χ1n) is 7.26. The zero-order valence-electron chi connectivity index (χ0n) is 13.0. The van der Waals surface area contributed by atoms with E-state index in [4.69, 9.17) is 4.42 Å².